The van der Waals surface area contributed by atoms with Gasteiger partial charge in [0.2, 0.25) is 5.91 Å². The lowest BCUT2D eigenvalue weighted by molar-refractivity contribution is -0.127. The zero-order chi connectivity index (χ0) is 25.7. The molecule has 2 aliphatic rings. The van der Waals surface area contributed by atoms with Gasteiger partial charge in [-0.2, -0.15) is 0 Å². The number of hydrogen-bond acceptors (Lipinski definition) is 6. The average Bonchev–Trinajstić information content (AvgIpc) is 3.48. The highest BCUT2D eigenvalue weighted by molar-refractivity contribution is 8.04. The number of thioether (sulfide) groups is 1. The standard InChI is InChI=1S/C26H31F2N5O2S/c1-2-33-25(35)22(16-30-20-7-5-17(6-8-20)9-12-32-10-3-4-11-32)36-26(33)23(29)24(34)31-21-14-18(27)13-19(28)15-21/h5-8,13-15,22,30H,2-4,9-12,16,29H2,1H3,(H,31,34)/b26-23+/t22-/m1/s1. The number of nitrogens with two attached hydrogens (primary N) is 1. The second kappa shape index (κ2) is 11.7. The zero-order valence-corrected chi connectivity index (χ0v) is 21.0. The molecular formula is C26H31F2N5O2S. The van der Waals surface area contributed by atoms with E-state index < -0.39 is 22.8 Å². The third kappa shape index (κ3) is 6.36. The largest absolute Gasteiger partial charge is 0.392 e. The highest BCUT2D eigenvalue weighted by Crippen LogP contribution is 2.36. The summed E-state index contributed by atoms with van der Waals surface area (Å²) >= 11 is 1.20. The second-order valence-electron chi connectivity index (χ2n) is 8.90. The van der Waals surface area contributed by atoms with Gasteiger partial charge in [0, 0.05) is 37.1 Å². The molecule has 0 aliphatic carbocycles. The van der Waals surface area contributed by atoms with Crippen LogP contribution in [0, 0.1) is 11.6 Å². The predicted molar refractivity (Wildman–Crippen MR) is 139 cm³/mol. The number of hydrogen-bond donors (Lipinski definition) is 3. The van der Waals surface area contributed by atoms with Crippen LogP contribution in [0.4, 0.5) is 20.2 Å². The van der Waals surface area contributed by atoms with Crippen molar-refractivity contribution in [3.63, 3.8) is 0 Å². The summed E-state index contributed by atoms with van der Waals surface area (Å²) in [4.78, 5) is 29.5. The van der Waals surface area contributed by atoms with Crippen LogP contribution in [0.1, 0.15) is 25.3 Å². The number of nitrogens with zero attached hydrogens (tertiary/aromatic N) is 2. The van der Waals surface area contributed by atoms with Gasteiger partial charge in [0.1, 0.15) is 27.6 Å². The van der Waals surface area contributed by atoms with Crippen LogP contribution in [0.5, 0.6) is 0 Å². The Kier molecular flexibility index (Phi) is 8.48. The van der Waals surface area contributed by atoms with Crippen molar-refractivity contribution in [2.24, 2.45) is 5.73 Å². The first-order chi connectivity index (χ1) is 17.3. The van der Waals surface area contributed by atoms with Gasteiger partial charge in [0.15, 0.2) is 0 Å². The van der Waals surface area contributed by atoms with Crippen molar-refractivity contribution in [3.8, 4) is 0 Å². The molecule has 192 valence electrons. The number of halogens is 2. The Balaban J connectivity index is 1.35. The van der Waals surface area contributed by atoms with E-state index in [-0.39, 0.29) is 17.3 Å². The molecule has 2 aromatic rings. The number of amides is 2. The Bertz CT molecular complexity index is 1120. The maximum Gasteiger partial charge on any atom is 0.274 e. The third-order valence-corrected chi connectivity index (χ3v) is 7.63. The summed E-state index contributed by atoms with van der Waals surface area (Å²) in [5, 5.41) is 5.56. The SMILES string of the molecule is CCN1C(=O)[C@@H](CNc2ccc(CCN3CCCC3)cc2)S/C1=C(/N)C(=O)Nc1cc(F)cc(F)c1. The predicted octanol–water partition coefficient (Wildman–Crippen LogP) is 3.75. The fraction of sp³-hybridized carbons (Fsp3) is 0.385. The van der Waals surface area contributed by atoms with Crippen LogP contribution in [0.3, 0.4) is 0 Å². The van der Waals surface area contributed by atoms with E-state index in [2.05, 4.69) is 27.7 Å². The lowest BCUT2D eigenvalue weighted by atomic mass is 10.1. The van der Waals surface area contributed by atoms with Crippen molar-refractivity contribution >= 4 is 35.0 Å². The van der Waals surface area contributed by atoms with Crippen molar-refractivity contribution in [2.75, 3.05) is 43.4 Å². The van der Waals surface area contributed by atoms with E-state index in [1.165, 1.54) is 48.2 Å². The summed E-state index contributed by atoms with van der Waals surface area (Å²) in [5.41, 5.74) is 8.03. The first-order valence-corrected chi connectivity index (χ1v) is 13.0. The molecule has 2 aliphatic heterocycles. The van der Waals surface area contributed by atoms with E-state index in [1.807, 2.05) is 12.1 Å². The topological polar surface area (TPSA) is 90.7 Å². The highest BCUT2D eigenvalue weighted by atomic mass is 32.2. The smallest absolute Gasteiger partial charge is 0.274 e. The Morgan fingerprint density at radius 3 is 2.39 bits per heavy atom. The Morgan fingerprint density at radius 1 is 1.08 bits per heavy atom. The molecule has 0 aromatic heterocycles. The van der Waals surface area contributed by atoms with Crippen molar-refractivity contribution < 1.29 is 18.4 Å². The van der Waals surface area contributed by atoms with Gasteiger partial charge in [-0.3, -0.25) is 9.59 Å². The molecule has 2 amide bonds. The maximum absolute atomic E-state index is 13.4. The summed E-state index contributed by atoms with van der Waals surface area (Å²) in [7, 11) is 0. The molecule has 1 atom stereocenters. The van der Waals surface area contributed by atoms with E-state index in [4.69, 9.17) is 5.73 Å². The molecule has 2 saturated heterocycles. The van der Waals surface area contributed by atoms with Gasteiger partial charge in [-0.25, -0.2) is 8.78 Å². The maximum atomic E-state index is 13.4. The molecule has 7 nitrogen and oxygen atoms in total. The Labute approximate surface area is 214 Å². The molecule has 2 fully saturated rings. The quantitative estimate of drug-likeness (QED) is 0.441. The number of rotatable bonds is 9. The van der Waals surface area contributed by atoms with Gasteiger partial charge < -0.3 is 26.2 Å². The lowest BCUT2D eigenvalue weighted by Crippen LogP contribution is -2.33. The van der Waals surface area contributed by atoms with E-state index in [9.17, 15) is 18.4 Å². The fourth-order valence-electron chi connectivity index (χ4n) is 4.37. The first-order valence-electron chi connectivity index (χ1n) is 12.1. The molecule has 4 rings (SSSR count). The van der Waals surface area contributed by atoms with Crippen LogP contribution in [-0.2, 0) is 16.0 Å². The summed E-state index contributed by atoms with van der Waals surface area (Å²) in [6.07, 6.45) is 3.59. The molecule has 2 aromatic carbocycles. The highest BCUT2D eigenvalue weighted by Gasteiger charge is 2.38. The number of carbonyl (C=O) groups is 2. The lowest BCUT2D eigenvalue weighted by Gasteiger charge is -2.17. The van der Waals surface area contributed by atoms with Crippen molar-refractivity contribution in [3.05, 3.63) is 70.4 Å². The van der Waals surface area contributed by atoms with E-state index in [1.54, 1.807) is 6.92 Å². The molecule has 0 saturated carbocycles. The summed E-state index contributed by atoms with van der Waals surface area (Å²) in [5.74, 6) is -2.52. The van der Waals surface area contributed by atoms with Crippen LogP contribution < -0.4 is 16.4 Å². The third-order valence-electron chi connectivity index (χ3n) is 6.31. The molecule has 0 radical (unpaired) electrons. The van der Waals surface area contributed by atoms with Gasteiger partial charge >= 0.3 is 0 Å². The van der Waals surface area contributed by atoms with Crippen LogP contribution in [0.2, 0.25) is 0 Å². The van der Waals surface area contributed by atoms with Crippen molar-refractivity contribution in [1.29, 1.82) is 0 Å². The van der Waals surface area contributed by atoms with E-state index in [0.717, 1.165) is 30.8 Å². The van der Waals surface area contributed by atoms with Crippen LogP contribution in [-0.4, -0.2) is 59.6 Å². The number of anilines is 2. The first kappa shape index (κ1) is 26.0. The van der Waals surface area contributed by atoms with Crippen molar-refractivity contribution in [2.45, 2.75) is 31.4 Å². The molecule has 4 N–H and O–H groups in total. The normalized spacial score (nSPS) is 19.6. The summed E-state index contributed by atoms with van der Waals surface area (Å²) in [6, 6.07) is 10.9. The summed E-state index contributed by atoms with van der Waals surface area (Å²) in [6.45, 7) is 5.95. The number of likely N-dealkylation sites (tertiary alicyclic amines) is 1. The minimum Gasteiger partial charge on any atom is -0.392 e. The van der Waals surface area contributed by atoms with Crippen LogP contribution >= 0.6 is 11.8 Å². The number of benzene rings is 2. The fourth-order valence-corrected chi connectivity index (χ4v) is 5.60. The molecule has 0 unspecified atom stereocenters. The van der Waals surface area contributed by atoms with Crippen LogP contribution in [0.15, 0.2) is 53.2 Å². The number of carbonyl (C=O) groups excluding carboxylic acids is 2. The van der Waals surface area contributed by atoms with Crippen molar-refractivity contribution in [1.82, 2.24) is 9.80 Å². The Hall–Kier alpha value is -3.11. The molecule has 36 heavy (non-hydrogen) atoms. The molecule has 0 spiro atoms. The van der Waals surface area contributed by atoms with Gasteiger partial charge in [0.05, 0.1) is 0 Å². The van der Waals surface area contributed by atoms with E-state index in [0.29, 0.717) is 24.2 Å². The summed E-state index contributed by atoms with van der Waals surface area (Å²) < 4.78 is 26.9. The van der Waals surface area contributed by atoms with E-state index >= 15 is 0 Å². The van der Waals surface area contributed by atoms with Gasteiger partial charge in [-0.05, 0) is 69.1 Å². The second-order valence-corrected chi connectivity index (χ2v) is 10.1. The van der Waals surface area contributed by atoms with Gasteiger partial charge in [-0.15, -0.1) is 0 Å². The zero-order valence-electron chi connectivity index (χ0n) is 20.2. The average molecular weight is 516 g/mol. The van der Waals surface area contributed by atoms with Gasteiger partial charge in [0.25, 0.3) is 5.91 Å². The monoisotopic (exact) mass is 515 g/mol. The number of nitrogens with one attached hydrogen (secondary N) is 2. The minimum atomic E-state index is -0.817. The minimum absolute atomic E-state index is 0.0551. The molecular weight excluding hydrogens is 484 g/mol. The van der Waals surface area contributed by atoms with Crippen LogP contribution in [0.25, 0.3) is 0 Å². The molecule has 2 heterocycles. The molecule has 0 bridgehead atoms. The molecule has 10 heteroatoms. The Morgan fingerprint density at radius 2 is 1.75 bits per heavy atom. The van der Waals surface area contributed by atoms with Gasteiger partial charge in [-0.1, -0.05) is 23.9 Å².